The molecular weight excluding hydrogens is 394 g/mol. The van der Waals surface area contributed by atoms with Crippen LogP contribution in [-0.4, -0.2) is 30.3 Å². The van der Waals surface area contributed by atoms with Crippen LogP contribution >= 0.6 is 11.3 Å². The summed E-state index contributed by atoms with van der Waals surface area (Å²) in [5, 5.41) is 5.22. The second-order valence-electron chi connectivity index (χ2n) is 8.17. The zero-order valence-electron chi connectivity index (χ0n) is 16.5. The first-order valence-electron chi connectivity index (χ1n) is 10.4. The summed E-state index contributed by atoms with van der Waals surface area (Å²) in [6.07, 6.45) is 9.55. The maximum absolute atomic E-state index is 12.5. The molecule has 1 atom stereocenters. The lowest BCUT2D eigenvalue weighted by molar-refractivity contribution is -0.104. The molecule has 1 aliphatic carbocycles. The molecule has 2 fully saturated rings. The fourth-order valence-electron chi connectivity index (χ4n) is 4.98. The predicted octanol–water partition coefficient (Wildman–Crippen LogP) is 5.29. The van der Waals surface area contributed by atoms with Crippen molar-refractivity contribution in [3.8, 4) is 5.75 Å². The quantitative estimate of drug-likeness (QED) is 0.588. The molecule has 0 radical (unpaired) electrons. The summed E-state index contributed by atoms with van der Waals surface area (Å²) in [5.41, 5.74) is 1.14. The lowest BCUT2D eigenvalue weighted by atomic mass is 9.68. The Kier molecular flexibility index (Phi) is 6.47. The number of rotatable bonds is 8. The third kappa shape index (κ3) is 4.78. The van der Waals surface area contributed by atoms with E-state index in [1.165, 1.54) is 24.2 Å². The fraction of sp³-hybridized carbons (Fsp3) is 0.591. The molecule has 158 valence electrons. The summed E-state index contributed by atoms with van der Waals surface area (Å²) in [5.74, 6) is 0.271. The fourth-order valence-corrected chi connectivity index (χ4v) is 5.76. The van der Waals surface area contributed by atoms with Gasteiger partial charge in [-0.15, -0.1) is 11.3 Å². The van der Waals surface area contributed by atoms with Crippen LogP contribution in [0.2, 0.25) is 0 Å². The Morgan fingerprint density at radius 1 is 1.21 bits per heavy atom. The van der Waals surface area contributed by atoms with Crippen LogP contribution in [0.25, 0.3) is 0 Å². The molecule has 4 nitrogen and oxygen atoms in total. The van der Waals surface area contributed by atoms with Crippen LogP contribution in [0.3, 0.4) is 0 Å². The van der Waals surface area contributed by atoms with Crippen molar-refractivity contribution in [1.29, 1.82) is 0 Å². The summed E-state index contributed by atoms with van der Waals surface area (Å²) < 4.78 is 36.0. The maximum Gasteiger partial charge on any atom is 0.387 e. The normalized spacial score (nSPS) is 23.7. The van der Waals surface area contributed by atoms with E-state index in [-0.39, 0.29) is 16.8 Å². The van der Waals surface area contributed by atoms with Gasteiger partial charge in [-0.1, -0.05) is 18.9 Å². The number of hydrogen-bond acceptors (Lipinski definition) is 5. The van der Waals surface area contributed by atoms with Crippen LogP contribution < -0.4 is 10.1 Å². The van der Waals surface area contributed by atoms with E-state index < -0.39 is 6.61 Å². The Labute approximate surface area is 174 Å². The van der Waals surface area contributed by atoms with Crippen LogP contribution in [0.1, 0.15) is 55.5 Å². The maximum atomic E-state index is 12.5. The highest BCUT2D eigenvalue weighted by Crippen LogP contribution is 2.49. The summed E-state index contributed by atoms with van der Waals surface area (Å²) in [4.78, 5) is 5.52. The number of aromatic nitrogens is 1. The van der Waals surface area contributed by atoms with Crippen molar-refractivity contribution >= 4 is 11.3 Å². The molecule has 1 saturated heterocycles. The predicted molar refractivity (Wildman–Crippen MR) is 110 cm³/mol. The van der Waals surface area contributed by atoms with Gasteiger partial charge in [0.1, 0.15) is 5.75 Å². The van der Waals surface area contributed by atoms with Crippen molar-refractivity contribution in [2.75, 3.05) is 13.2 Å². The Morgan fingerprint density at radius 2 is 2.07 bits per heavy atom. The van der Waals surface area contributed by atoms with E-state index in [9.17, 15) is 8.78 Å². The van der Waals surface area contributed by atoms with Gasteiger partial charge < -0.3 is 14.8 Å². The molecule has 1 spiro atoms. The van der Waals surface area contributed by atoms with E-state index >= 15 is 0 Å². The van der Waals surface area contributed by atoms with Gasteiger partial charge in [0.25, 0.3) is 0 Å². The number of halogens is 2. The molecule has 1 unspecified atom stereocenters. The van der Waals surface area contributed by atoms with Crippen molar-refractivity contribution in [2.45, 2.75) is 69.1 Å². The van der Waals surface area contributed by atoms with Gasteiger partial charge in [-0.25, -0.2) is 0 Å². The van der Waals surface area contributed by atoms with E-state index in [0.717, 1.165) is 55.8 Å². The lowest BCUT2D eigenvalue weighted by Gasteiger charge is -2.46. The summed E-state index contributed by atoms with van der Waals surface area (Å²) in [6, 6.07) is 7.77. The SMILES string of the molecule is FC(F)Oc1ccsc1CNCCC1(c2ccccn2)CCOC2(CCCC2)C1. The molecule has 0 aromatic carbocycles. The van der Waals surface area contributed by atoms with E-state index in [0.29, 0.717) is 6.54 Å². The smallest absolute Gasteiger partial charge is 0.387 e. The Hall–Kier alpha value is -1.57. The van der Waals surface area contributed by atoms with Crippen molar-refractivity contribution in [3.05, 3.63) is 46.4 Å². The van der Waals surface area contributed by atoms with Gasteiger partial charge in [-0.3, -0.25) is 4.98 Å². The Morgan fingerprint density at radius 3 is 2.83 bits per heavy atom. The Balaban J connectivity index is 1.42. The number of hydrogen-bond donors (Lipinski definition) is 1. The van der Waals surface area contributed by atoms with Gasteiger partial charge in [0.15, 0.2) is 0 Å². The molecule has 29 heavy (non-hydrogen) atoms. The second-order valence-corrected chi connectivity index (χ2v) is 9.17. The lowest BCUT2D eigenvalue weighted by Crippen LogP contribution is -2.47. The number of pyridine rings is 1. The van der Waals surface area contributed by atoms with Crippen molar-refractivity contribution < 1.29 is 18.3 Å². The summed E-state index contributed by atoms with van der Waals surface area (Å²) in [7, 11) is 0. The highest BCUT2D eigenvalue weighted by atomic mass is 32.1. The molecule has 7 heteroatoms. The van der Waals surface area contributed by atoms with Gasteiger partial charge in [-0.2, -0.15) is 8.78 Å². The molecule has 4 rings (SSSR count). The third-order valence-electron chi connectivity index (χ3n) is 6.36. The number of thiophene rings is 1. The minimum absolute atomic E-state index is 0.00178. The van der Waals surface area contributed by atoms with Crippen LogP contribution in [0.4, 0.5) is 8.78 Å². The highest BCUT2D eigenvalue weighted by molar-refractivity contribution is 7.10. The van der Waals surface area contributed by atoms with E-state index in [2.05, 4.69) is 22.2 Å². The first-order valence-corrected chi connectivity index (χ1v) is 11.3. The molecule has 0 bridgehead atoms. The molecule has 1 saturated carbocycles. The molecular formula is C22H28F2N2O2S. The number of nitrogens with one attached hydrogen (secondary N) is 1. The van der Waals surface area contributed by atoms with E-state index in [1.54, 1.807) is 11.4 Å². The standard InChI is InChI=1S/C22H28F2N2O2S/c23-20(24)28-17-6-14-29-18(17)15-25-12-9-21(19-5-1-4-11-26-19)10-13-27-22(16-21)7-2-3-8-22/h1,4-6,11,14,20,25H,2-3,7-10,12-13,15-16H2. The van der Waals surface area contributed by atoms with Crippen LogP contribution in [-0.2, 0) is 16.7 Å². The second kappa shape index (κ2) is 9.06. The zero-order valence-corrected chi connectivity index (χ0v) is 17.4. The molecule has 2 aromatic rings. The number of alkyl halides is 2. The van der Waals surface area contributed by atoms with Crippen molar-refractivity contribution in [2.24, 2.45) is 0 Å². The summed E-state index contributed by atoms with van der Waals surface area (Å²) in [6.45, 7) is -0.702. The molecule has 2 aliphatic rings. The van der Waals surface area contributed by atoms with E-state index in [1.807, 2.05) is 12.3 Å². The van der Waals surface area contributed by atoms with Gasteiger partial charge >= 0.3 is 6.61 Å². The van der Waals surface area contributed by atoms with Crippen molar-refractivity contribution in [3.63, 3.8) is 0 Å². The molecule has 2 aromatic heterocycles. The first kappa shape index (κ1) is 20.7. The zero-order chi connectivity index (χ0) is 20.2. The average molecular weight is 423 g/mol. The average Bonchev–Trinajstić information content (AvgIpc) is 3.35. The topological polar surface area (TPSA) is 43.4 Å². The molecule has 1 N–H and O–H groups in total. The van der Waals surface area contributed by atoms with Gasteiger partial charge in [-0.05, 0) is 62.2 Å². The third-order valence-corrected chi connectivity index (χ3v) is 7.26. The summed E-state index contributed by atoms with van der Waals surface area (Å²) >= 11 is 1.44. The van der Waals surface area contributed by atoms with Crippen LogP contribution in [0.15, 0.2) is 35.8 Å². The van der Waals surface area contributed by atoms with Gasteiger partial charge in [0, 0.05) is 30.5 Å². The molecule has 1 aliphatic heterocycles. The monoisotopic (exact) mass is 422 g/mol. The first-order chi connectivity index (χ1) is 14.1. The van der Waals surface area contributed by atoms with Gasteiger partial charge in [0.2, 0.25) is 0 Å². The molecule has 3 heterocycles. The largest absolute Gasteiger partial charge is 0.434 e. The van der Waals surface area contributed by atoms with E-state index in [4.69, 9.17) is 9.72 Å². The van der Waals surface area contributed by atoms with Crippen molar-refractivity contribution in [1.82, 2.24) is 10.3 Å². The van der Waals surface area contributed by atoms with Gasteiger partial charge in [0.05, 0.1) is 10.5 Å². The van der Waals surface area contributed by atoms with Crippen LogP contribution in [0.5, 0.6) is 5.75 Å². The molecule has 0 amide bonds. The number of nitrogens with zero attached hydrogens (tertiary/aromatic N) is 1. The Bertz CT molecular complexity index is 780. The number of ether oxygens (including phenoxy) is 2. The van der Waals surface area contributed by atoms with Crippen LogP contribution in [0, 0.1) is 0 Å². The minimum atomic E-state index is -2.79. The highest BCUT2D eigenvalue weighted by Gasteiger charge is 2.48. The minimum Gasteiger partial charge on any atom is -0.434 e.